The van der Waals surface area contributed by atoms with Crippen molar-refractivity contribution in [3.05, 3.63) is 75.5 Å². The summed E-state index contributed by atoms with van der Waals surface area (Å²) < 4.78 is 0.898. The summed E-state index contributed by atoms with van der Waals surface area (Å²) >= 11 is 3.38. The van der Waals surface area contributed by atoms with Crippen LogP contribution in [0.3, 0.4) is 0 Å². The molecule has 0 bridgehead atoms. The van der Waals surface area contributed by atoms with Gasteiger partial charge in [0.25, 0.3) is 5.91 Å². The number of hydrogen-bond donors (Lipinski definition) is 1. The van der Waals surface area contributed by atoms with Crippen molar-refractivity contribution in [2.75, 3.05) is 4.90 Å². The number of anilines is 1. The summed E-state index contributed by atoms with van der Waals surface area (Å²) in [4.78, 5) is 26.2. The van der Waals surface area contributed by atoms with Crippen molar-refractivity contribution in [3.63, 3.8) is 0 Å². The lowest BCUT2D eigenvalue weighted by Gasteiger charge is -2.26. The second kappa shape index (κ2) is 6.24. The van der Waals surface area contributed by atoms with Gasteiger partial charge in [-0.1, -0.05) is 45.8 Å². The number of amides is 1. The first-order valence-electron chi connectivity index (χ1n) is 7.50. The van der Waals surface area contributed by atoms with E-state index in [2.05, 4.69) is 15.9 Å². The van der Waals surface area contributed by atoms with Crippen molar-refractivity contribution in [2.45, 2.75) is 19.9 Å². The molecule has 3 rings (SSSR count). The summed E-state index contributed by atoms with van der Waals surface area (Å²) in [5.41, 5.74) is 2.60. The van der Waals surface area contributed by atoms with Gasteiger partial charge in [0.15, 0.2) is 11.5 Å². The van der Waals surface area contributed by atoms with E-state index in [1.807, 2.05) is 55.5 Å². The van der Waals surface area contributed by atoms with E-state index in [1.54, 1.807) is 0 Å². The van der Waals surface area contributed by atoms with Crippen molar-refractivity contribution in [1.29, 1.82) is 0 Å². The zero-order chi connectivity index (χ0) is 17.4. The molecule has 1 aliphatic heterocycles. The first-order valence-corrected chi connectivity index (χ1v) is 8.29. The van der Waals surface area contributed by atoms with Crippen LogP contribution in [0.2, 0.25) is 0 Å². The Balaban J connectivity index is 2.16. The maximum Gasteiger partial charge on any atom is 0.294 e. The molecule has 2 aromatic rings. The number of rotatable bonds is 3. The number of aliphatic hydroxyl groups is 1. The first kappa shape index (κ1) is 16.5. The van der Waals surface area contributed by atoms with Gasteiger partial charge in [-0.05, 0) is 43.7 Å². The minimum atomic E-state index is -0.634. The summed E-state index contributed by atoms with van der Waals surface area (Å²) in [7, 11) is 0. The van der Waals surface area contributed by atoms with Gasteiger partial charge in [-0.15, -0.1) is 0 Å². The Morgan fingerprint density at radius 1 is 1.08 bits per heavy atom. The lowest BCUT2D eigenvalue weighted by atomic mass is 9.96. The number of nitrogens with zero attached hydrogens (tertiary/aromatic N) is 1. The van der Waals surface area contributed by atoms with E-state index in [-0.39, 0.29) is 11.4 Å². The van der Waals surface area contributed by atoms with Crippen molar-refractivity contribution in [3.8, 4) is 0 Å². The normalized spacial score (nSPS) is 17.5. The van der Waals surface area contributed by atoms with Gasteiger partial charge in [0.2, 0.25) is 0 Å². The second-order valence-corrected chi connectivity index (χ2v) is 6.70. The fraction of sp³-hybridized carbons (Fsp3) is 0.158. The maximum atomic E-state index is 12.6. The van der Waals surface area contributed by atoms with E-state index in [0.717, 1.165) is 15.6 Å². The molecule has 0 radical (unpaired) electrons. The largest absolute Gasteiger partial charge is 0.503 e. The second-order valence-electron chi connectivity index (χ2n) is 5.78. The number of halogens is 1. The van der Waals surface area contributed by atoms with Gasteiger partial charge in [0.1, 0.15) is 0 Å². The smallest absolute Gasteiger partial charge is 0.294 e. The molecular weight excluding hydrogens is 370 g/mol. The van der Waals surface area contributed by atoms with Gasteiger partial charge >= 0.3 is 0 Å². The zero-order valence-corrected chi connectivity index (χ0v) is 14.9. The number of Topliss-reactive ketones (excluding diaryl/α,β-unsaturated/α-hetero) is 1. The molecule has 4 nitrogen and oxygen atoms in total. The van der Waals surface area contributed by atoms with Crippen LogP contribution in [0, 0.1) is 6.92 Å². The average Bonchev–Trinajstić information content (AvgIpc) is 2.81. The van der Waals surface area contributed by atoms with Crippen LogP contribution in [-0.4, -0.2) is 16.8 Å². The first-order chi connectivity index (χ1) is 11.4. The van der Waals surface area contributed by atoms with Gasteiger partial charge in [-0.25, -0.2) is 0 Å². The molecule has 1 aliphatic rings. The van der Waals surface area contributed by atoms with E-state index in [4.69, 9.17) is 0 Å². The molecule has 0 fully saturated rings. The molecule has 0 aromatic heterocycles. The zero-order valence-electron chi connectivity index (χ0n) is 13.3. The number of aliphatic hydroxyl groups excluding tert-OH is 1. The van der Waals surface area contributed by atoms with Crippen LogP contribution in [0.15, 0.2) is 64.3 Å². The van der Waals surface area contributed by atoms with Crippen LogP contribution < -0.4 is 4.90 Å². The predicted octanol–water partition coefficient (Wildman–Crippen LogP) is 4.25. The van der Waals surface area contributed by atoms with Gasteiger partial charge in [-0.2, -0.15) is 0 Å². The van der Waals surface area contributed by atoms with Crippen LogP contribution in [0.25, 0.3) is 0 Å². The van der Waals surface area contributed by atoms with Crippen LogP contribution in [0.1, 0.15) is 24.1 Å². The fourth-order valence-corrected chi connectivity index (χ4v) is 3.16. The molecule has 1 atom stereocenters. The monoisotopic (exact) mass is 385 g/mol. The summed E-state index contributed by atoms with van der Waals surface area (Å²) in [6.07, 6.45) is 0. The standard InChI is InChI=1S/C19H16BrNO3/c1-11-3-9-15(10-4-11)21-17(13-5-7-14(20)8-6-13)16(12(2)22)18(23)19(21)24/h3-10,17,23H,1-2H3/t17-/m1/s1. The van der Waals surface area contributed by atoms with Crippen molar-refractivity contribution in [2.24, 2.45) is 0 Å². The Kier molecular flexibility index (Phi) is 4.28. The van der Waals surface area contributed by atoms with E-state index >= 15 is 0 Å². The molecule has 0 saturated heterocycles. The van der Waals surface area contributed by atoms with E-state index in [0.29, 0.717) is 5.69 Å². The molecule has 0 saturated carbocycles. The molecule has 1 N–H and O–H groups in total. The molecule has 24 heavy (non-hydrogen) atoms. The van der Waals surface area contributed by atoms with Crippen molar-refractivity contribution in [1.82, 2.24) is 0 Å². The van der Waals surface area contributed by atoms with Gasteiger partial charge in [-0.3, -0.25) is 14.5 Å². The minimum absolute atomic E-state index is 0.128. The third-order valence-electron chi connectivity index (χ3n) is 4.09. The van der Waals surface area contributed by atoms with Gasteiger partial charge < -0.3 is 5.11 Å². The highest BCUT2D eigenvalue weighted by Crippen LogP contribution is 2.41. The molecule has 0 unspecified atom stereocenters. The lowest BCUT2D eigenvalue weighted by Crippen LogP contribution is -2.30. The molecule has 0 spiro atoms. The summed E-state index contributed by atoms with van der Waals surface area (Å²) in [6, 6.07) is 14.2. The summed E-state index contributed by atoms with van der Waals surface area (Å²) in [5, 5.41) is 10.3. The van der Waals surface area contributed by atoms with Crippen LogP contribution in [-0.2, 0) is 9.59 Å². The Bertz CT molecular complexity index is 838. The number of carbonyl (C=O) groups excluding carboxylic acids is 2. The highest BCUT2D eigenvalue weighted by atomic mass is 79.9. The molecule has 1 heterocycles. The number of hydrogen-bond acceptors (Lipinski definition) is 3. The van der Waals surface area contributed by atoms with E-state index < -0.39 is 17.7 Å². The van der Waals surface area contributed by atoms with Crippen LogP contribution >= 0.6 is 15.9 Å². The number of carbonyl (C=O) groups is 2. The Hall–Kier alpha value is -2.40. The molecule has 0 aliphatic carbocycles. The Morgan fingerprint density at radius 3 is 2.21 bits per heavy atom. The molecule has 1 amide bonds. The van der Waals surface area contributed by atoms with Crippen LogP contribution in [0.4, 0.5) is 5.69 Å². The topological polar surface area (TPSA) is 57.6 Å². The SMILES string of the molecule is CC(=O)C1=C(O)C(=O)N(c2ccc(C)cc2)[C@@H]1c1ccc(Br)cc1. The van der Waals surface area contributed by atoms with E-state index in [1.165, 1.54) is 11.8 Å². The van der Waals surface area contributed by atoms with Crippen LogP contribution in [0.5, 0.6) is 0 Å². The number of aryl methyl sites for hydroxylation is 1. The minimum Gasteiger partial charge on any atom is -0.503 e. The Labute approximate surface area is 148 Å². The molecule has 2 aromatic carbocycles. The summed E-state index contributed by atoms with van der Waals surface area (Å²) in [6.45, 7) is 3.32. The third-order valence-corrected chi connectivity index (χ3v) is 4.61. The van der Waals surface area contributed by atoms with Crippen molar-refractivity contribution < 1.29 is 14.7 Å². The highest BCUT2D eigenvalue weighted by molar-refractivity contribution is 9.10. The fourth-order valence-electron chi connectivity index (χ4n) is 2.90. The van der Waals surface area contributed by atoms with Gasteiger partial charge in [0, 0.05) is 10.2 Å². The van der Waals surface area contributed by atoms with Crippen molar-refractivity contribution >= 4 is 33.3 Å². The summed E-state index contributed by atoms with van der Waals surface area (Å²) in [5.74, 6) is -1.35. The lowest BCUT2D eigenvalue weighted by molar-refractivity contribution is -0.117. The Morgan fingerprint density at radius 2 is 1.67 bits per heavy atom. The molecular formula is C19H16BrNO3. The average molecular weight is 386 g/mol. The molecule has 122 valence electrons. The third kappa shape index (κ3) is 2.76. The predicted molar refractivity (Wildman–Crippen MR) is 95.9 cm³/mol. The quantitative estimate of drug-likeness (QED) is 0.858. The number of benzene rings is 2. The highest BCUT2D eigenvalue weighted by Gasteiger charge is 2.43. The number of ketones is 1. The van der Waals surface area contributed by atoms with E-state index in [9.17, 15) is 14.7 Å². The maximum absolute atomic E-state index is 12.6. The molecule has 5 heteroatoms. The van der Waals surface area contributed by atoms with Gasteiger partial charge in [0.05, 0.1) is 11.6 Å².